The lowest BCUT2D eigenvalue weighted by atomic mass is 10.3. The molecule has 94 valence electrons. The van der Waals surface area contributed by atoms with Crippen LogP contribution in [0.1, 0.15) is 23.8 Å². The van der Waals surface area contributed by atoms with E-state index in [1.54, 1.807) is 12.1 Å². The van der Waals surface area contributed by atoms with E-state index in [0.29, 0.717) is 31.1 Å². The van der Waals surface area contributed by atoms with Gasteiger partial charge >= 0.3 is 0 Å². The second kappa shape index (κ2) is 7.59. The molecule has 6 nitrogen and oxygen atoms in total. The number of carbonyl (C=O) groups is 1. The summed E-state index contributed by atoms with van der Waals surface area (Å²) in [6.07, 6.45) is 2.30. The zero-order valence-corrected chi connectivity index (χ0v) is 9.90. The van der Waals surface area contributed by atoms with Crippen LogP contribution < -0.4 is 16.6 Å². The highest BCUT2D eigenvalue weighted by Crippen LogP contribution is 2.03. The fourth-order valence-electron chi connectivity index (χ4n) is 1.22. The van der Waals surface area contributed by atoms with Crippen molar-refractivity contribution in [3.05, 3.63) is 24.0 Å². The third-order valence-corrected chi connectivity index (χ3v) is 2.12. The van der Waals surface area contributed by atoms with Crippen LogP contribution in [0.4, 0.5) is 5.69 Å². The number of amides is 1. The van der Waals surface area contributed by atoms with E-state index in [9.17, 15) is 4.79 Å². The number of carbonyl (C=O) groups excluding carboxylic acids is 1. The monoisotopic (exact) mass is 238 g/mol. The van der Waals surface area contributed by atoms with Crippen LogP contribution in [0.2, 0.25) is 0 Å². The molecule has 0 aromatic carbocycles. The predicted octanol–water partition coefficient (Wildman–Crippen LogP) is 0.524. The number of nitrogens with zero attached hydrogens (tertiary/aromatic N) is 1. The summed E-state index contributed by atoms with van der Waals surface area (Å²) in [5.41, 5.74) is 3.49. The second-order valence-corrected chi connectivity index (χ2v) is 3.38. The largest absolute Gasteiger partial charge is 0.382 e. The Morgan fingerprint density at radius 3 is 2.94 bits per heavy atom. The third kappa shape index (κ3) is 4.80. The van der Waals surface area contributed by atoms with Gasteiger partial charge in [-0.25, -0.2) is 4.98 Å². The zero-order valence-electron chi connectivity index (χ0n) is 9.90. The molecule has 0 bridgehead atoms. The quantitative estimate of drug-likeness (QED) is 0.366. The Morgan fingerprint density at radius 1 is 1.53 bits per heavy atom. The van der Waals surface area contributed by atoms with Crippen molar-refractivity contribution in [3.63, 3.8) is 0 Å². The number of nitrogens with one attached hydrogen (secondary N) is 2. The number of aromatic nitrogens is 1. The number of hydrogen-bond donors (Lipinski definition) is 3. The van der Waals surface area contributed by atoms with Gasteiger partial charge in [0.2, 0.25) is 0 Å². The molecule has 0 aliphatic heterocycles. The lowest BCUT2D eigenvalue weighted by Crippen LogP contribution is -2.26. The summed E-state index contributed by atoms with van der Waals surface area (Å²) in [6, 6.07) is 3.31. The first kappa shape index (κ1) is 13.4. The van der Waals surface area contributed by atoms with Crippen LogP contribution in [0.25, 0.3) is 0 Å². The Labute approximate surface area is 101 Å². The first-order chi connectivity index (χ1) is 8.27. The molecule has 0 unspecified atom stereocenters. The smallest absolute Gasteiger partial charge is 0.269 e. The molecule has 0 saturated heterocycles. The minimum absolute atomic E-state index is 0.190. The number of nitrogen functional groups attached to an aromatic ring is 1. The number of nitrogens with two attached hydrogens (primary N) is 1. The summed E-state index contributed by atoms with van der Waals surface area (Å²) < 4.78 is 5.16. The molecule has 1 amide bonds. The lowest BCUT2D eigenvalue weighted by Gasteiger charge is -2.05. The number of hydrogen-bond acceptors (Lipinski definition) is 5. The van der Waals surface area contributed by atoms with Gasteiger partial charge in [0.05, 0.1) is 11.9 Å². The Bertz CT molecular complexity index is 340. The van der Waals surface area contributed by atoms with Crippen molar-refractivity contribution >= 4 is 11.6 Å². The highest BCUT2D eigenvalue weighted by atomic mass is 16.5. The minimum atomic E-state index is -0.190. The maximum absolute atomic E-state index is 11.6. The van der Waals surface area contributed by atoms with Crippen LogP contribution in [0.3, 0.4) is 0 Å². The number of pyridine rings is 1. The van der Waals surface area contributed by atoms with Gasteiger partial charge in [-0.1, -0.05) is 0 Å². The molecule has 17 heavy (non-hydrogen) atoms. The molecule has 0 fully saturated rings. The molecule has 0 aliphatic rings. The molecular weight excluding hydrogens is 220 g/mol. The maximum atomic E-state index is 11.6. The molecule has 0 radical (unpaired) electrons. The summed E-state index contributed by atoms with van der Waals surface area (Å²) in [4.78, 5) is 15.6. The van der Waals surface area contributed by atoms with Gasteiger partial charge in [-0.05, 0) is 25.5 Å². The second-order valence-electron chi connectivity index (χ2n) is 3.38. The molecule has 4 N–H and O–H groups in total. The van der Waals surface area contributed by atoms with Gasteiger partial charge < -0.3 is 15.5 Å². The summed E-state index contributed by atoms with van der Waals surface area (Å²) in [5, 5.41) is 2.76. The van der Waals surface area contributed by atoms with E-state index in [1.807, 2.05) is 6.92 Å². The summed E-state index contributed by atoms with van der Waals surface area (Å²) in [7, 11) is 0. The summed E-state index contributed by atoms with van der Waals surface area (Å²) in [5.74, 6) is 5.01. The van der Waals surface area contributed by atoms with Crippen LogP contribution in [-0.4, -0.2) is 30.6 Å². The van der Waals surface area contributed by atoms with Crippen LogP contribution in [0.15, 0.2) is 18.3 Å². The highest BCUT2D eigenvalue weighted by Gasteiger charge is 2.05. The topological polar surface area (TPSA) is 89.3 Å². The van der Waals surface area contributed by atoms with Gasteiger partial charge in [-0.3, -0.25) is 10.6 Å². The molecule has 0 aliphatic carbocycles. The van der Waals surface area contributed by atoms with E-state index in [2.05, 4.69) is 15.7 Å². The molecule has 0 saturated carbocycles. The van der Waals surface area contributed by atoms with Crippen LogP contribution in [0.5, 0.6) is 0 Å². The molecule has 1 rings (SSSR count). The summed E-state index contributed by atoms with van der Waals surface area (Å²) in [6.45, 7) is 3.87. The van der Waals surface area contributed by atoms with E-state index in [1.165, 1.54) is 6.20 Å². The van der Waals surface area contributed by atoms with Gasteiger partial charge in [-0.15, -0.1) is 0 Å². The molecule has 1 heterocycles. The third-order valence-electron chi connectivity index (χ3n) is 2.12. The standard InChI is InChI=1S/C11H18N4O2/c1-2-17-7-3-6-13-11(16)10-5-4-9(15-12)8-14-10/h4-5,8,15H,2-3,6-7,12H2,1H3,(H,13,16). The maximum Gasteiger partial charge on any atom is 0.269 e. The van der Waals surface area contributed by atoms with Gasteiger partial charge in [0.15, 0.2) is 0 Å². The van der Waals surface area contributed by atoms with Crippen LogP contribution >= 0.6 is 0 Å². The van der Waals surface area contributed by atoms with Crippen LogP contribution in [-0.2, 0) is 4.74 Å². The SMILES string of the molecule is CCOCCCNC(=O)c1ccc(NN)cn1. The number of ether oxygens (including phenoxy) is 1. The van der Waals surface area contributed by atoms with Crippen molar-refractivity contribution in [1.29, 1.82) is 0 Å². The Balaban J connectivity index is 2.31. The average Bonchev–Trinajstić information content (AvgIpc) is 2.38. The van der Waals surface area contributed by atoms with E-state index in [4.69, 9.17) is 10.6 Å². The van der Waals surface area contributed by atoms with Gasteiger partial charge in [-0.2, -0.15) is 0 Å². The zero-order chi connectivity index (χ0) is 12.5. The molecule has 1 aromatic heterocycles. The fraction of sp³-hybridized carbons (Fsp3) is 0.455. The van der Waals surface area contributed by atoms with Gasteiger partial charge in [0, 0.05) is 19.8 Å². The van der Waals surface area contributed by atoms with Crippen LogP contribution in [0, 0.1) is 0 Å². The molecule has 1 aromatic rings. The first-order valence-corrected chi connectivity index (χ1v) is 5.56. The van der Waals surface area contributed by atoms with Gasteiger partial charge in [0.25, 0.3) is 5.91 Å². The predicted molar refractivity (Wildman–Crippen MR) is 65.5 cm³/mol. The summed E-state index contributed by atoms with van der Waals surface area (Å²) >= 11 is 0. The Kier molecular flexibility index (Phi) is 5.98. The van der Waals surface area contributed by atoms with Gasteiger partial charge in [0.1, 0.15) is 5.69 Å². The van der Waals surface area contributed by atoms with E-state index in [-0.39, 0.29) is 5.91 Å². The van der Waals surface area contributed by atoms with Crippen molar-refractivity contribution < 1.29 is 9.53 Å². The molecular formula is C11H18N4O2. The van der Waals surface area contributed by atoms with Crippen molar-refractivity contribution in [3.8, 4) is 0 Å². The first-order valence-electron chi connectivity index (χ1n) is 5.56. The molecule has 6 heteroatoms. The normalized spacial score (nSPS) is 10.0. The number of hydrazine groups is 1. The van der Waals surface area contributed by atoms with Crippen molar-refractivity contribution in [2.75, 3.05) is 25.2 Å². The highest BCUT2D eigenvalue weighted by molar-refractivity contribution is 5.92. The van der Waals surface area contributed by atoms with Crippen molar-refractivity contribution in [1.82, 2.24) is 10.3 Å². The fourth-order valence-corrected chi connectivity index (χ4v) is 1.22. The Hall–Kier alpha value is -1.66. The number of anilines is 1. The average molecular weight is 238 g/mol. The van der Waals surface area contributed by atoms with Crippen molar-refractivity contribution in [2.24, 2.45) is 5.84 Å². The number of rotatable bonds is 7. The molecule has 0 spiro atoms. The van der Waals surface area contributed by atoms with Crippen molar-refractivity contribution in [2.45, 2.75) is 13.3 Å². The lowest BCUT2D eigenvalue weighted by molar-refractivity contribution is 0.0939. The minimum Gasteiger partial charge on any atom is -0.382 e. The Morgan fingerprint density at radius 2 is 2.35 bits per heavy atom. The van der Waals surface area contributed by atoms with E-state index < -0.39 is 0 Å². The van der Waals surface area contributed by atoms with E-state index in [0.717, 1.165) is 6.42 Å². The van der Waals surface area contributed by atoms with E-state index >= 15 is 0 Å². The molecule has 0 atom stereocenters.